The van der Waals surface area contributed by atoms with E-state index in [1.54, 1.807) is 6.07 Å². The largest absolute Gasteiger partial charge is 0.573 e. The quantitative estimate of drug-likeness (QED) is 0.547. The summed E-state index contributed by atoms with van der Waals surface area (Å²) < 4.78 is 71.9. The van der Waals surface area contributed by atoms with Crippen LogP contribution in [0.4, 0.5) is 17.6 Å². The molecule has 1 aliphatic heterocycles. The van der Waals surface area contributed by atoms with Gasteiger partial charge in [0.05, 0.1) is 11.2 Å². The molecule has 0 spiro atoms. The van der Waals surface area contributed by atoms with E-state index in [1.807, 2.05) is 27.7 Å². The maximum atomic E-state index is 14.5. The van der Waals surface area contributed by atoms with Crippen molar-refractivity contribution in [1.29, 1.82) is 0 Å². The maximum Gasteiger partial charge on any atom is 0.573 e. The molecule has 1 aliphatic rings. The van der Waals surface area contributed by atoms with Crippen LogP contribution < -0.4 is 14.9 Å². The van der Waals surface area contributed by atoms with E-state index in [-0.39, 0.29) is 11.5 Å². The molecule has 28 heavy (non-hydrogen) atoms. The van der Waals surface area contributed by atoms with E-state index < -0.39 is 36.2 Å². The Morgan fingerprint density at radius 3 is 1.89 bits per heavy atom. The Hall–Kier alpha value is -2.26. The average Bonchev–Trinajstić information content (AvgIpc) is 2.78. The molecule has 1 heterocycles. The van der Waals surface area contributed by atoms with Crippen molar-refractivity contribution in [1.82, 2.24) is 0 Å². The molecule has 0 unspecified atom stereocenters. The first-order valence-corrected chi connectivity index (χ1v) is 8.55. The minimum absolute atomic E-state index is 0.0789. The molecule has 0 radical (unpaired) electrons. The fourth-order valence-corrected chi connectivity index (χ4v) is 2.56. The molecule has 0 aromatic heterocycles. The Morgan fingerprint density at radius 1 is 0.857 bits per heavy atom. The van der Waals surface area contributed by atoms with Crippen LogP contribution in [0.2, 0.25) is 0 Å². The lowest BCUT2D eigenvalue weighted by molar-refractivity contribution is -0.274. The maximum absolute atomic E-state index is 14.5. The summed E-state index contributed by atoms with van der Waals surface area (Å²) in [5.41, 5.74) is -0.606. The van der Waals surface area contributed by atoms with Gasteiger partial charge in [-0.3, -0.25) is 0 Å². The fourth-order valence-electron chi connectivity index (χ4n) is 2.56. The minimum Gasteiger partial charge on any atom is -0.454 e. The molecular formula is C19H19BF4O4. The predicted octanol–water partition coefficient (Wildman–Crippen LogP) is 4.82. The van der Waals surface area contributed by atoms with Crippen LogP contribution in [0, 0.1) is 5.82 Å². The molecule has 9 heteroatoms. The standard InChI is InChI=1S/C19H19BF4O4/c1-17(2)18(3,4)28-20(27-17)12-5-10-16(15(21)11-12)25-13-6-8-14(9-7-13)26-19(22,23)24/h5-11H,1-4H3. The minimum atomic E-state index is -4.78. The third-order valence-corrected chi connectivity index (χ3v) is 4.77. The molecular weight excluding hydrogens is 379 g/mol. The van der Waals surface area contributed by atoms with Crippen LogP contribution in [0.5, 0.6) is 17.2 Å². The van der Waals surface area contributed by atoms with Crippen molar-refractivity contribution in [3.63, 3.8) is 0 Å². The summed E-state index contributed by atoms with van der Waals surface area (Å²) >= 11 is 0. The molecule has 0 atom stereocenters. The second-order valence-corrected chi connectivity index (χ2v) is 7.40. The number of alkyl halides is 3. The number of rotatable bonds is 4. The van der Waals surface area contributed by atoms with Gasteiger partial charge in [-0.05, 0) is 69.6 Å². The Morgan fingerprint density at radius 2 is 1.39 bits per heavy atom. The van der Waals surface area contributed by atoms with E-state index in [0.717, 1.165) is 12.1 Å². The molecule has 0 amide bonds. The molecule has 2 aromatic carbocycles. The predicted molar refractivity (Wildman–Crippen MR) is 95.3 cm³/mol. The van der Waals surface area contributed by atoms with Crippen molar-refractivity contribution < 1.29 is 36.3 Å². The highest BCUT2D eigenvalue weighted by Gasteiger charge is 2.51. The highest BCUT2D eigenvalue weighted by atomic mass is 19.4. The van der Waals surface area contributed by atoms with Crippen molar-refractivity contribution in [2.45, 2.75) is 45.3 Å². The number of hydrogen-bond acceptors (Lipinski definition) is 4. The zero-order chi connectivity index (χ0) is 20.7. The third kappa shape index (κ3) is 4.42. The highest BCUT2D eigenvalue weighted by Crippen LogP contribution is 2.37. The van der Waals surface area contributed by atoms with Crippen LogP contribution in [0.1, 0.15) is 27.7 Å². The van der Waals surface area contributed by atoms with Crippen LogP contribution in [-0.4, -0.2) is 24.7 Å². The second-order valence-electron chi connectivity index (χ2n) is 7.40. The first-order valence-electron chi connectivity index (χ1n) is 8.55. The van der Waals surface area contributed by atoms with Gasteiger partial charge in [0.25, 0.3) is 0 Å². The lowest BCUT2D eigenvalue weighted by Crippen LogP contribution is -2.41. The molecule has 150 valence electrons. The van der Waals surface area contributed by atoms with E-state index in [2.05, 4.69) is 4.74 Å². The van der Waals surface area contributed by atoms with Gasteiger partial charge in [0.1, 0.15) is 11.5 Å². The van der Waals surface area contributed by atoms with E-state index in [1.165, 1.54) is 24.3 Å². The van der Waals surface area contributed by atoms with Crippen molar-refractivity contribution >= 4 is 12.6 Å². The van der Waals surface area contributed by atoms with Gasteiger partial charge in [0.2, 0.25) is 0 Å². The number of ether oxygens (including phenoxy) is 2. The van der Waals surface area contributed by atoms with E-state index in [9.17, 15) is 17.6 Å². The molecule has 0 bridgehead atoms. The highest BCUT2D eigenvalue weighted by molar-refractivity contribution is 6.62. The topological polar surface area (TPSA) is 36.9 Å². The molecule has 2 aromatic rings. The number of halogens is 4. The van der Waals surface area contributed by atoms with Crippen molar-refractivity contribution in [3.05, 3.63) is 48.3 Å². The van der Waals surface area contributed by atoms with Crippen molar-refractivity contribution in [2.24, 2.45) is 0 Å². The molecule has 4 nitrogen and oxygen atoms in total. The lowest BCUT2D eigenvalue weighted by atomic mass is 9.79. The first-order chi connectivity index (χ1) is 12.9. The van der Waals surface area contributed by atoms with Gasteiger partial charge in [-0.2, -0.15) is 0 Å². The van der Waals surface area contributed by atoms with Crippen LogP contribution in [0.25, 0.3) is 0 Å². The summed E-state index contributed by atoms with van der Waals surface area (Å²) in [5.74, 6) is -0.958. The molecule has 0 N–H and O–H groups in total. The smallest absolute Gasteiger partial charge is 0.454 e. The fraction of sp³-hybridized carbons (Fsp3) is 0.368. The van der Waals surface area contributed by atoms with Crippen LogP contribution in [-0.2, 0) is 9.31 Å². The van der Waals surface area contributed by atoms with E-state index >= 15 is 0 Å². The average molecular weight is 398 g/mol. The van der Waals surface area contributed by atoms with Gasteiger partial charge >= 0.3 is 13.5 Å². The van der Waals surface area contributed by atoms with Gasteiger partial charge in [-0.25, -0.2) is 4.39 Å². The molecule has 3 rings (SSSR count). The van der Waals surface area contributed by atoms with Gasteiger partial charge in [-0.15, -0.1) is 13.2 Å². The normalized spacial score (nSPS) is 18.2. The van der Waals surface area contributed by atoms with Gasteiger partial charge in [0, 0.05) is 0 Å². The summed E-state index contributed by atoms with van der Waals surface area (Å²) in [6, 6.07) is 8.94. The third-order valence-electron chi connectivity index (χ3n) is 4.77. The zero-order valence-electron chi connectivity index (χ0n) is 15.8. The van der Waals surface area contributed by atoms with Crippen LogP contribution in [0.15, 0.2) is 42.5 Å². The number of benzene rings is 2. The zero-order valence-corrected chi connectivity index (χ0v) is 15.8. The monoisotopic (exact) mass is 398 g/mol. The van der Waals surface area contributed by atoms with Gasteiger partial charge in [0.15, 0.2) is 11.6 Å². The molecule has 0 saturated carbocycles. The summed E-state index contributed by atoms with van der Waals surface area (Å²) in [6.45, 7) is 7.58. The van der Waals surface area contributed by atoms with Crippen LogP contribution >= 0.6 is 0 Å². The summed E-state index contributed by atoms with van der Waals surface area (Å²) in [7, 11) is -0.715. The van der Waals surface area contributed by atoms with Crippen molar-refractivity contribution in [2.75, 3.05) is 0 Å². The molecule has 1 saturated heterocycles. The van der Waals surface area contributed by atoms with Gasteiger partial charge < -0.3 is 18.8 Å². The Balaban J connectivity index is 1.72. The van der Waals surface area contributed by atoms with Crippen LogP contribution in [0.3, 0.4) is 0 Å². The van der Waals surface area contributed by atoms with Gasteiger partial charge in [-0.1, -0.05) is 6.07 Å². The Labute approximate surface area is 160 Å². The number of hydrogen-bond donors (Lipinski definition) is 0. The molecule has 0 aliphatic carbocycles. The van der Waals surface area contributed by atoms with E-state index in [0.29, 0.717) is 5.46 Å². The summed E-state index contributed by atoms with van der Waals surface area (Å²) in [4.78, 5) is 0. The molecule has 1 fully saturated rings. The first kappa shape index (κ1) is 20.5. The Bertz CT molecular complexity index is 834. The van der Waals surface area contributed by atoms with Crippen molar-refractivity contribution in [3.8, 4) is 17.2 Å². The van der Waals surface area contributed by atoms with E-state index in [4.69, 9.17) is 14.0 Å². The lowest BCUT2D eigenvalue weighted by Gasteiger charge is -2.32. The SMILES string of the molecule is CC1(C)OB(c2ccc(Oc3ccc(OC(F)(F)F)cc3)c(F)c2)OC1(C)C. The summed E-state index contributed by atoms with van der Waals surface area (Å²) in [5, 5.41) is 0. The Kier molecular flexibility index (Phi) is 5.10. The second kappa shape index (κ2) is 6.97. The summed E-state index contributed by atoms with van der Waals surface area (Å²) in [6.07, 6.45) is -4.78.